The van der Waals surface area contributed by atoms with Gasteiger partial charge in [0.2, 0.25) is 5.91 Å². The predicted molar refractivity (Wildman–Crippen MR) is 136 cm³/mol. The number of halogens is 2. The summed E-state index contributed by atoms with van der Waals surface area (Å²) in [7, 11) is 0. The predicted octanol–water partition coefficient (Wildman–Crippen LogP) is 6.30. The van der Waals surface area contributed by atoms with Gasteiger partial charge in [0.05, 0.1) is 11.4 Å². The van der Waals surface area contributed by atoms with Crippen molar-refractivity contribution < 1.29 is 23.9 Å². The van der Waals surface area contributed by atoms with E-state index in [-0.39, 0.29) is 18.7 Å². The molecule has 0 spiro atoms. The first kappa shape index (κ1) is 26.1. The molecule has 0 fully saturated rings. The average molecular weight is 515 g/mol. The molecular weight excluding hydrogens is 491 g/mol. The van der Waals surface area contributed by atoms with E-state index in [9.17, 15) is 14.4 Å². The fourth-order valence-corrected chi connectivity index (χ4v) is 3.47. The monoisotopic (exact) mass is 514 g/mol. The fraction of sp³-hybridized carbons (Fsp3) is 0.192. The van der Waals surface area contributed by atoms with Crippen LogP contribution in [0.3, 0.4) is 0 Å². The zero-order chi connectivity index (χ0) is 25.4. The number of amides is 2. The molecule has 0 aromatic heterocycles. The zero-order valence-corrected chi connectivity index (χ0v) is 20.7. The summed E-state index contributed by atoms with van der Waals surface area (Å²) in [4.78, 5) is 36.1. The first-order chi connectivity index (χ1) is 16.7. The molecule has 0 heterocycles. The van der Waals surface area contributed by atoms with E-state index >= 15 is 0 Å². The number of benzene rings is 3. The molecule has 0 bridgehead atoms. The number of rotatable bonds is 9. The Morgan fingerprint density at radius 3 is 2.31 bits per heavy atom. The number of ether oxygens (including phenoxy) is 2. The van der Waals surface area contributed by atoms with E-state index in [4.69, 9.17) is 32.7 Å². The van der Waals surface area contributed by atoms with Gasteiger partial charge in [0, 0.05) is 22.8 Å². The summed E-state index contributed by atoms with van der Waals surface area (Å²) in [6.07, 6.45) is -0.241. The molecule has 182 valence electrons. The van der Waals surface area contributed by atoms with Crippen LogP contribution in [0.15, 0.2) is 60.7 Å². The van der Waals surface area contributed by atoms with E-state index in [1.165, 1.54) is 0 Å². The lowest BCUT2D eigenvalue weighted by Crippen LogP contribution is -2.22. The van der Waals surface area contributed by atoms with Crippen molar-refractivity contribution in [2.45, 2.75) is 26.7 Å². The number of hydrogen-bond donors (Lipinski definition) is 2. The van der Waals surface area contributed by atoms with Gasteiger partial charge < -0.3 is 20.1 Å². The topological polar surface area (TPSA) is 93.7 Å². The Hall–Kier alpha value is -3.55. The van der Waals surface area contributed by atoms with E-state index < -0.39 is 18.5 Å². The zero-order valence-electron chi connectivity index (χ0n) is 19.2. The summed E-state index contributed by atoms with van der Waals surface area (Å²) in [6, 6.07) is 17.1. The van der Waals surface area contributed by atoms with Crippen molar-refractivity contribution >= 4 is 52.4 Å². The Kier molecular flexibility index (Phi) is 9.11. The number of carbonyl (C=O) groups is 3. The summed E-state index contributed by atoms with van der Waals surface area (Å²) < 4.78 is 10.7. The van der Waals surface area contributed by atoms with Crippen molar-refractivity contribution in [3.8, 4) is 11.5 Å². The van der Waals surface area contributed by atoms with Gasteiger partial charge in [-0.2, -0.15) is 0 Å². The molecule has 3 rings (SSSR count). The van der Waals surface area contributed by atoms with E-state index in [0.717, 1.165) is 11.1 Å². The fourth-order valence-electron chi connectivity index (χ4n) is 3.02. The third-order valence-electron chi connectivity index (χ3n) is 5.06. The highest BCUT2D eigenvalue weighted by atomic mass is 35.5. The SMILES string of the molecule is Cc1cccc(NC(=O)COC(=O)CCC(=O)Nc2ccc(Oc3ccc(Cl)cc3Cl)cc2)c1C. The molecule has 9 heteroatoms. The van der Waals surface area contributed by atoms with Gasteiger partial charge in [0.1, 0.15) is 11.5 Å². The standard InChI is InChI=1S/C26H24Cl2N2O5/c1-16-4-3-5-22(17(16)2)30-25(32)15-34-26(33)13-12-24(31)29-19-7-9-20(10-8-19)35-23-11-6-18(27)14-21(23)28/h3-11,14H,12-13,15H2,1-2H3,(H,29,31)(H,30,32). The Balaban J connectivity index is 1.39. The molecule has 0 unspecified atom stereocenters. The molecule has 0 saturated carbocycles. The number of aryl methyl sites for hydroxylation is 1. The molecule has 0 radical (unpaired) electrons. The summed E-state index contributed by atoms with van der Waals surface area (Å²) in [5.41, 5.74) is 3.18. The van der Waals surface area contributed by atoms with E-state index in [1.54, 1.807) is 48.5 Å². The van der Waals surface area contributed by atoms with Gasteiger partial charge in [0.15, 0.2) is 6.61 Å². The molecule has 3 aromatic rings. The quantitative estimate of drug-likeness (QED) is 0.326. The minimum Gasteiger partial charge on any atom is -0.456 e. The minimum atomic E-state index is -0.639. The van der Waals surface area contributed by atoms with Gasteiger partial charge >= 0.3 is 5.97 Å². The maximum Gasteiger partial charge on any atom is 0.306 e. The van der Waals surface area contributed by atoms with Crippen LogP contribution in [0.25, 0.3) is 0 Å². The maximum absolute atomic E-state index is 12.2. The molecule has 0 atom stereocenters. The number of hydrogen-bond acceptors (Lipinski definition) is 5. The highest BCUT2D eigenvalue weighted by Gasteiger charge is 2.12. The normalized spacial score (nSPS) is 10.4. The van der Waals surface area contributed by atoms with Crippen LogP contribution < -0.4 is 15.4 Å². The van der Waals surface area contributed by atoms with Crippen LogP contribution in [0, 0.1) is 13.8 Å². The van der Waals surface area contributed by atoms with Crippen LogP contribution in [0.5, 0.6) is 11.5 Å². The molecule has 0 aliphatic heterocycles. The maximum atomic E-state index is 12.2. The molecule has 7 nitrogen and oxygen atoms in total. The van der Waals surface area contributed by atoms with E-state index in [2.05, 4.69) is 10.6 Å². The van der Waals surface area contributed by atoms with E-state index in [1.807, 2.05) is 26.0 Å². The molecule has 35 heavy (non-hydrogen) atoms. The highest BCUT2D eigenvalue weighted by Crippen LogP contribution is 2.32. The number of nitrogens with one attached hydrogen (secondary N) is 2. The molecule has 0 aliphatic carbocycles. The number of esters is 1. The smallest absolute Gasteiger partial charge is 0.306 e. The van der Waals surface area contributed by atoms with Gasteiger partial charge in [-0.25, -0.2) is 0 Å². The highest BCUT2D eigenvalue weighted by molar-refractivity contribution is 6.35. The van der Waals surface area contributed by atoms with Crippen molar-refractivity contribution in [1.29, 1.82) is 0 Å². The first-order valence-corrected chi connectivity index (χ1v) is 11.5. The summed E-state index contributed by atoms with van der Waals surface area (Å²) >= 11 is 12.0. The lowest BCUT2D eigenvalue weighted by molar-refractivity contribution is -0.147. The van der Waals surface area contributed by atoms with Gasteiger partial charge in [-0.1, -0.05) is 35.3 Å². The van der Waals surface area contributed by atoms with Gasteiger partial charge in [-0.15, -0.1) is 0 Å². The van der Waals surface area contributed by atoms with Crippen LogP contribution in [-0.4, -0.2) is 24.4 Å². The van der Waals surface area contributed by atoms with Gasteiger partial charge in [0.25, 0.3) is 5.91 Å². The second kappa shape index (κ2) is 12.2. The largest absolute Gasteiger partial charge is 0.456 e. The summed E-state index contributed by atoms with van der Waals surface area (Å²) in [5.74, 6) is -0.473. The lowest BCUT2D eigenvalue weighted by Gasteiger charge is -2.11. The molecule has 2 N–H and O–H groups in total. The lowest BCUT2D eigenvalue weighted by atomic mass is 10.1. The molecule has 0 aliphatic rings. The number of anilines is 2. The Labute approximate surface area is 213 Å². The van der Waals surface area contributed by atoms with Crippen molar-refractivity contribution in [3.63, 3.8) is 0 Å². The first-order valence-electron chi connectivity index (χ1n) is 10.8. The molecule has 3 aromatic carbocycles. The average Bonchev–Trinajstić information content (AvgIpc) is 2.82. The Morgan fingerprint density at radius 2 is 1.60 bits per heavy atom. The van der Waals surface area contributed by atoms with Crippen LogP contribution in [0.1, 0.15) is 24.0 Å². The summed E-state index contributed by atoms with van der Waals surface area (Å²) in [5, 5.41) is 6.29. The Morgan fingerprint density at radius 1 is 0.857 bits per heavy atom. The molecular formula is C26H24Cl2N2O5. The van der Waals surface area contributed by atoms with Crippen molar-refractivity contribution in [1.82, 2.24) is 0 Å². The van der Waals surface area contributed by atoms with Gasteiger partial charge in [-0.05, 0) is 73.5 Å². The van der Waals surface area contributed by atoms with Crippen molar-refractivity contribution in [2.24, 2.45) is 0 Å². The van der Waals surface area contributed by atoms with Crippen molar-refractivity contribution in [3.05, 3.63) is 81.8 Å². The molecule has 2 amide bonds. The van der Waals surface area contributed by atoms with Crippen LogP contribution in [0.4, 0.5) is 11.4 Å². The summed E-state index contributed by atoms with van der Waals surface area (Å²) in [6.45, 7) is 3.41. The van der Waals surface area contributed by atoms with Crippen LogP contribution in [0.2, 0.25) is 10.0 Å². The minimum absolute atomic E-state index is 0.0872. The number of carbonyl (C=O) groups excluding carboxylic acids is 3. The van der Waals surface area contributed by atoms with Crippen LogP contribution in [-0.2, 0) is 19.1 Å². The second-order valence-electron chi connectivity index (χ2n) is 7.71. The third kappa shape index (κ3) is 8.02. The third-order valence-corrected chi connectivity index (χ3v) is 5.59. The van der Waals surface area contributed by atoms with Crippen LogP contribution >= 0.6 is 23.2 Å². The van der Waals surface area contributed by atoms with Gasteiger partial charge in [-0.3, -0.25) is 14.4 Å². The molecule has 0 saturated heterocycles. The second-order valence-corrected chi connectivity index (χ2v) is 8.55. The van der Waals surface area contributed by atoms with Crippen molar-refractivity contribution in [2.75, 3.05) is 17.2 Å². The Bertz CT molecular complexity index is 1230. The van der Waals surface area contributed by atoms with E-state index in [0.29, 0.717) is 32.9 Å².